The fourth-order valence-electron chi connectivity index (χ4n) is 3.70. The molecule has 3 rings (SSSR count). The Labute approximate surface area is 133 Å². The van der Waals surface area contributed by atoms with Crippen molar-refractivity contribution in [1.82, 2.24) is 15.5 Å². The van der Waals surface area contributed by atoms with E-state index in [1.165, 1.54) is 19.3 Å². The van der Waals surface area contributed by atoms with Crippen LogP contribution in [0.5, 0.6) is 0 Å². The summed E-state index contributed by atoms with van der Waals surface area (Å²) >= 11 is 0. The molecule has 1 heterocycles. The van der Waals surface area contributed by atoms with Crippen molar-refractivity contribution in [3.8, 4) is 0 Å². The maximum Gasteiger partial charge on any atom is 0.317 e. The lowest BCUT2D eigenvalue weighted by Gasteiger charge is -2.35. The monoisotopic (exact) mass is 307 g/mol. The smallest absolute Gasteiger partial charge is 0.317 e. The molecule has 5 heteroatoms. The number of likely N-dealkylation sites (tertiary alicyclic amines) is 1. The van der Waals surface area contributed by atoms with Crippen LogP contribution >= 0.6 is 0 Å². The largest absolute Gasteiger partial charge is 0.353 e. The average Bonchev–Trinajstić information content (AvgIpc) is 3.33. The highest BCUT2D eigenvalue weighted by Gasteiger charge is 2.33. The van der Waals surface area contributed by atoms with Gasteiger partial charge in [0.15, 0.2) is 0 Å². The predicted octanol–water partition coefficient (Wildman–Crippen LogP) is 2.27. The third kappa shape index (κ3) is 3.93. The van der Waals surface area contributed by atoms with Crippen molar-refractivity contribution < 1.29 is 9.59 Å². The Morgan fingerprint density at radius 3 is 2.45 bits per heavy atom. The minimum absolute atomic E-state index is 0.0195. The van der Waals surface area contributed by atoms with E-state index in [1.54, 1.807) is 0 Å². The van der Waals surface area contributed by atoms with E-state index in [4.69, 9.17) is 0 Å². The Morgan fingerprint density at radius 2 is 1.73 bits per heavy atom. The van der Waals surface area contributed by atoms with Crippen LogP contribution in [-0.2, 0) is 4.79 Å². The van der Waals surface area contributed by atoms with Crippen LogP contribution in [0.4, 0.5) is 4.79 Å². The molecule has 3 fully saturated rings. The molecule has 3 unspecified atom stereocenters. The van der Waals surface area contributed by atoms with E-state index in [9.17, 15) is 9.59 Å². The minimum atomic E-state index is -0.0344. The SMILES string of the molecule is CC1CCCCC1NC(=O)C1CCCN(C(=O)NC2CC2)C1. The lowest BCUT2D eigenvalue weighted by Crippen LogP contribution is -2.51. The number of hydrogen-bond acceptors (Lipinski definition) is 2. The number of carbonyl (C=O) groups excluding carboxylic acids is 2. The van der Waals surface area contributed by atoms with Crippen LogP contribution in [0.3, 0.4) is 0 Å². The van der Waals surface area contributed by atoms with Crippen LogP contribution in [0.1, 0.15) is 58.3 Å². The second-order valence-corrected chi connectivity index (χ2v) is 7.39. The van der Waals surface area contributed by atoms with E-state index in [0.29, 0.717) is 24.5 Å². The maximum absolute atomic E-state index is 12.5. The first-order valence-corrected chi connectivity index (χ1v) is 8.99. The molecule has 1 aliphatic heterocycles. The van der Waals surface area contributed by atoms with E-state index in [-0.39, 0.29) is 17.9 Å². The maximum atomic E-state index is 12.5. The van der Waals surface area contributed by atoms with Gasteiger partial charge in [-0.3, -0.25) is 4.79 Å². The molecule has 2 aliphatic carbocycles. The molecular weight excluding hydrogens is 278 g/mol. The third-order valence-electron chi connectivity index (χ3n) is 5.42. The van der Waals surface area contributed by atoms with Gasteiger partial charge < -0.3 is 15.5 Å². The van der Waals surface area contributed by atoms with E-state index in [0.717, 1.165) is 38.6 Å². The fraction of sp³-hybridized carbons (Fsp3) is 0.882. The van der Waals surface area contributed by atoms with E-state index in [1.807, 2.05) is 4.90 Å². The van der Waals surface area contributed by atoms with Gasteiger partial charge in [-0.05, 0) is 44.4 Å². The molecule has 3 aliphatic rings. The second kappa shape index (κ2) is 6.88. The summed E-state index contributed by atoms with van der Waals surface area (Å²) in [6.45, 7) is 3.59. The highest BCUT2D eigenvalue weighted by Crippen LogP contribution is 2.25. The topological polar surface area (TPSA) is 61.4 Å². The van der Waals surface area contributed by atoms with Crippen LogP contribution in [0.2, 0.25) is 0 Å². The predicted molar refractivity (Wildman–Crippen MR) is 85.4 cm³/mol. The second-order valence-electron chi connectivity index (χ2n) is 7.39. The molecule has 0 radical (unpaired) electrons. The first-order valence-electron chi connectivity index (χ1n) is 8.99. The normalized spacial score (nSPS) is 32.4. The number of nitrogens with one attached hydrogen (secondary N) is 2. The zero-order chi connectivity index (χ0) is 15.5. The number of urea groups is 1. The van der Waals surface area contributed by atoms with Crippen LogP contribution in [-0.4, -0.2) is 42.0 Å². The number of amides is 3. The van der Waals surface area contributed by atoms with Gasteiger partial charge in [0.05, 0.1) is 5.92 Å². The van der Waals surface area contributed by atoms with Gasteiger partial charge in [0.1, 0.15) is 0 Å². The van der Waals surface area contributed by atoms with E-state index in [2.05, 4.69) is 17.6 Å². The third-order valence-corrected chi connectivity index (χ3v) is 5.42. The lowest BCUT2D eigenvalue weighted by molar-refractivity contribution is -0.127. The van der Waals surface area contributed by atoms with Gasteiger partial charge in [-0.1, -0.05) is 19.8 Å². The Bertz CT molecular complexity index is 422. The van der Waals surface area contributed by atoms with Gasteiger partial charge in [0.2, 0.25) is 5.91 Å². The molecule has 0 aromatic heterocycles. The molecule has 2 N–H and O–H groups in total. The van der Waals surface area contributed by atoms with Crippen molar-refractivity contribution in [2.75, 3.05) is 13.1 Å². The fourth-order valence-corrected chi connectivity index (χ4v) is 3.70. The molecule has 0 aromatic carbocycles. The van der Waals surface area contributed by atoms with Crippen LogP contribution in [0.15, 0.2) is 0 Å². The summed E-state index contributed by atoms with van der Waals surface area (Å²) < 4.78 is 0. The number of hydrogen-bond donors (Lipinski definition) is 2. The minimum Gasteiger partial charge on any atom is -0.353 e. The van der Waals surface area contributed by atoms with Gasteiger partial charge in [-0.15, -0.1) is 0 Å². The summed E-state index contributed by atoms with van der Waals surface area (Å²) in [4.78, 5) is 26.5. The number of piperidine rings is 1. The number of rotatable bonds is 3. The van der Waals surface area contributed by atoms with Crippen molar-refractivity contribution >= 4 is 11.9 Å². The quantitative estimate of drug-likeness (QED) is 0.840. The molecule has 2 saturated carbocycles. The Kier molecular flexibility index (Phi) is 4.89. The molecule has 5 nitrogen and oxygen atoms in total. The summed E-state index contributed by atoms with van der Waals surface area (Å²) in [7, 11) is 0. The van der Waals surface area contributed by atoms with Crippen molar-refractivity contribution in [2.24, 2.45) is 11.8 Å². The molecule has 22 heavy (non-hydrogen) atoms. The summed E-state index contributed by atoms with van der Waals surface area (Å²) in [5.74, 6) is 0.700. The standard InChI is InChI=1S/C17H29N3O2/c1-12-5-2-3-7-15(12)19-16(21)13-6-4-10-20(11-13)17(22)18-14-8-9-14/h12-15H,2-11H2,1H3,(H,18,22)(H,19,21). The molecular formula is C17H29N3O2. The van der Waals surface area contributed by atoms with Gasteiger partial charge in [-0.25, -0.2) is 4.79 Å². The van der Waals surface area contributed by atoms with Crippen molar-refractivity contribution in [3.05, 3.63) is 0 Å². The molecule has 3 atom stereocenters. The van der Waals surface area contributed by atoms with E-state index < -0.39 is 0 Å². The van der Waals surface area contributed by atoms with Crippen molar-refractivity contribution in [2.45, 2.75) is 70.4 Å². The van der Waals surface area contributed by atoms with Crippen molar-refractivity contribution in [3.63, 3.8) is 0 Å². The van der Waals surface area contributed by atoms with Gasteiger partial charge in [-0.2, -0.15) is 0 Å². The Morgan fingerprint density at radius 1 is 0.955 bits per heavy atom. The van der Waals surface area contributed by atoms with Crippen LogP contribution in [0, 0.1) is 11.8 Å². The highest BCUT2D eigenvalue weighted by molar-refractivity contribution is 5.81. The molecule has 0 aromatic rings. The van der Waals surface area contributed by atoms with Crippen molar-refractivity contribution in [1.29, 1.82) is 0 Å². The molecule has 124 valence electrons. The number of carbonyl (C=O) groups is 2. The molecule has 3 amide bonds. The summed E-state index contributed by atoms with van der Waals surface area (Å²) in [5.41, 5.74) is 0. The molecule has 0 bridgehead atoms. The van der Waals surface area contributed by atoms with Crippen LogP contribution in [0.25, 0.3) is 0 Å². The first kappa shape index (κ1) is 15.6. The molecule has 1 saturated heterocycles. The summed E-state index contributed by atoms with van der Waals surface area (Å²) in [5, 5.41) is 6.28. The zero-order valence-electron chi connectivity index (χ0n) is 13.6. The summed E-state index contributed by atoms with van der Waals surface area (Å²) in [6, 6.07) is 0.729. The van der Waals surface area contributed by atoms with Gasteiger partial charge in [0.25, 0.3) is 0 Å². The van der Waals surface area contributed by atoms with Crippen LogP contribution < -0.4 is 10.6 Å². The molecule has 0 spiro atoms. The highest BCUT2D eigenvalue weighted by atomic mass is 16.2. The average molecular weight is 307 g/mol. The Hall–Kier alpha value is -1.26. The summed E-state index contributed by atoms with van der Waals surface area (Å²) in [6.07, 6.45) is 8.85. The number of nitrogens with zero attached hydrogens (tertiary/aromatic N) is 1. The van der Waals surface area contributed by atoms with Gasteiger partial charge >= 0.3 is 6.03 Å². The lowest BCUT2D eigenvalue weighted by atomic mass is 9.85. The first-order chi connectivity index (χ1) is 10.6. The zero-order valence-corrected chi connectivity index (χ0v) is 13.6. The van der Waals surface area contributed by atoms with E-state index >= 15 is 0 Å². The van der Waals surface area contributed by atoms with Gasteiger partial charge in [0, 0.05) is 25.2 Å². The Balaban J connectivity index is 1.49.